The van der Waals surface area contributed by atoms with Gasteiger partial charge in [-0.05, 0) is 44.0 Å². The molecule has 4 nitrogen and oxygen atoms in total. The van der Waals surface area contributed by atoms with E-state index in [0.717, 1.165) is 32.1 Å². The maximum atomic E-state index is 12.5. The largest absolute Gasteiger partial charge is 0.483 e. The molecule has 0 aliphatic rings. The Balaban J connectivity index is 1.69. The lowest BCUT2D eigenvalue weighted by Crippen LogP contribution is -2.33. The molecule has 1 heterocycles. The van der Waals surface area contributed by atoms with Gasteiger partial charge in [0.25, 0.3) is 5.91 Å². The summed E-state index contributed by atoms with van der Waals surface area (Å²) >= 11 is 1.62. The number of hydrogen-bond donors (Lipinski definition) is 0. The SMILES string of the molecule is Cc1cccc(C)c1OCC(=O)N(C)[C@H](C)c1nc2ccccc2s1. The van der Waals surface area contributed by atoms with Crippen molar-refractivity contribution in [1.82, 2.24) is 9.88 Å². The zero-order chi connectivity index (χ0) is 18.0. The number of nitrogens with zero attached hydrogens (tertiary/aromatic N) is 2. The Morgan fingerprint density at radius 1 is 1.16 bits per heavy atom. The van der Waals surface area contributed by atoms with E-state index in [1.165, 1.54) is 0 Å². The lowest BCUT2D eigenvalue weighted by Gasteiger charge is -2.23. The summed E-state index contributed by atoms with van der Waals surface area (Å²) in [6, 6.07) is 13.9. The van der Waals surface area contributed by atoms with Gasteiger partial charge in [0.15, 0.2) is 6.61 Å². The minimum atomic E-state index is -0.0912. The van der Waals surface area contributed by atoms with Crippen LogP contribution in [0.1, 0.15) is 29.1 Å². The predicted molar refractivity (Wildman–Crippen MR) is 102 cm³/mol. The predicted octanol–water partition coefficient (Wildman–Crippen LogP) is 4.51. The molecule has 0 fully saturated rings. The number of benzene rings is 2. The zero-order valence-corrected chi connectivity index (χ0v) is 15.8. The molecule has 0 radical (unpaired) electrons. The standard InChI is InChI=1S/C20H22N2O2S/c1-13-8-7-9-14(2)19(13)24-12-18(23)22(4)15(3)20-21-16-10-5-6-11-17(16)25-20/h5-11,15H,12H2,1-4H3/t15-/m1/s1. The van der Waals surface area contributed by atoms with E-state index < -0.39 is 0 Å². The minimum absolute atomic E-state index is 0.0252. The second kappa shape index (κ2) is 7.23. The van der Waals surface area contributed by atoms with Gasteiger partial charge in [-0.25, -0.2) is 4.98 Å². The van der Waals surface area contributed by atoms with Gasteiger partial charge >= 0.3 is 0 Å². The van der Waals surface area contributed by atoms with E-state index >= 15 is 0 Å². The van der Waals surface area contributed by atoms with Gasteiger partial charge in [0, 0.05) is 7.05 Å². The number of amides is 1. The van der Waals surface area contributed by atoms with E-state index in [1.54, 1.807) is 23.3 Å². The summed E-state index contributed by atoms with van der Waals surface area (Å²) in [5.41, 5.74) is 3.05. The van der Waals surface area contributed by atoms with Crippen LogP contribution in [0.25, 0.3) is 10.2 Å². The molecule has 1 atom stereocenters. The van der Waals surface area contributed by atoms with Gasteiger partial charge in [-0.2, -0.15) is 0 Å². The van der Waals surface area contributed by atoms with Crippen LogP contribution in [-0.2, 0) is 4.79 Å². The normalized spacial score (nSPS) is 12.2. The number of likely N-dealkylation sites (N-methyl/N-ethyl adjacent to an activating group) is 1. The highest BCUT2D eigenvalue weighted by atomic mass is 32.1. The number of hydrogen-bond acceptors (Lipinski definition) is 4. The molecule has 25 heavy (non-hydrogen) atoms. The van der Waals surface area contributed by atoms with Crippen molar-refractivity contribution in [2.45, 2.75) is 26.8 Å². The monoisotopic (exact) mass is 354 g/mol. The average molecular weight is 354 g/mol. The lowest BCUT2D eigenvalue weighted by atomic mass is 10.1. The Bertz CT molecular complexity index is 850. The molecule has 0 bridgehead atoms. The van der Waals surface area contributed by atoms with Crippen molar-refractivity contribution in [3.63, 3.8) is 0 Å². The van der Waals surface area contributed by atoms with E-state index in [1.807, 2.05) is 57.2 Å². The highest BCUT2D eigenvalue weighted by Gasteiger charge is 2.21. The maximum Gasteiger partial charge on any atom is 0.260 e. The van der Waals surface area contributed by atoms with Crippen molar-refractivity contribution in [3.8, 4) is 5.75 Å². The summed E-state index contributed by atoms with van der Waals surface area (Å²) in [5.74, 6) is 0.728. The molecule has 5 heteroatoms. The number of aryl methyl sites for hydroxylation is 2. The van der Waals surface area contributed by atoms with Crippen LogP contribution in [0.4, 0.5) is 0 Å². The molecule has 0 saturated heterocycles. The van der Waals surface area contributed by atoms with Crippen LogP contribution in [-0.4, -0.2) is 29.4 Å². The minimum Gasteiger partial charge on any atom is -0.483 e. The van der Waals surface area contributed by atoms with Gasteiger partial charge < -0.3 is 9.64 Å². The van der Waals surface area contributed by atoms with Crippen molar-refractivity contribution in [3.05, 3.63) is 58.6 Å². The molecule has 3 rings (SSSR count). The van der Waals surface area contributed by atoms with E-state index in [9.17, 15) is 4.79 Å². The first-order valence-electron chi connectivity index (χ1n) is 8.27. The van der Waals surface area contributed by atoms with Crippen LogP contribution in [0.15, 0.2) is 42.5 Å². The summed E-state index contributed by atoms with van der Waals surface area (Å²) in [4.78, 5) is 18.9. The molecule has 2 aromatic carbocycles. The van der Waals surface area contributed by atoms with E-state index in [4.69, 9.17) is 4.74 Å². The molecule has 0 unspecified atom stereocenters. The average Bonchev–Trinajstić information content (AvgIpc) is 3.04. The topological polar surface area (TPSA) is 42.4 Å². The van der Waals surface area contributed by atoms with Crippen LogP contribution < -0.4 is 4.74 Å². The van der Waals surface area contributed by atoms with Gasteiger partial charge in [-0.3, -0.25) is 4.79 Å². The zero-order valence-electron chi connectivity index (χ0n) is 14.9. The summed E-state index contributed by atoms with van der Waals surface area (Å²) < 4.78 is 6.92. The maximum absolute atomic E-state index is 12.5. The van der Waals surface area contributed by atoms with Crippen LogP contribution in [0.3, 0.4) is 0 Å². The number of carbonyl (C=O) groups is 1. The first kappa shape index (κ1) is 17.4. The molecule has 1 amide bonds. The Morgan fingerprint density at radius 2 is 1.84 bits per heavy atom. The summed E-state index contributed by atoms with van der Waals surface area (Å²) in [5, 5.41) is 0.934. The van der Waals surface area contributed by atoms with Crippen molar-refractivity contribution in [1.29, 1.82) is 0 Å². The Kier molecular flexibility index (Phi) is 5.04. The number of ether oxygens (including phenoxy) is 1. The molecule has 0 N–H and O–H groups in total. The molecule has 0 saturated carbocycles. The molecule has 1 aromatic heterocycles. The molecule has 0 aliphatic heterocycles. The third-order valence-corrected chi connectivity index (χ3v) is 5.60. The van der Waals surface area contributed by atoms with Gasteiger partial charge in [-0.15, -0.1) is 11.3 Å². The van der Waals surface area contributed by atoms with Gasteiger partial charge in [-0.1, -0.05) is 30.3 Å². The summed E-state index contributed by atoms with van der Waals surface area (Å²) in [7, 11) is 1.80. The molecular formula is C20H22N2O2S. The Morgan fingerprint density at radius 3 is 2.52 bits per heavy atom. The third kappa shape index (κ3) is 3.66. The highest BCUT2D eigenvalue weighted by molar-refractivity contribution is 7.18. The van der Waals surface area contributed by atoms with Crippen molar-refractivity contribution in [2.24, 2.45) is 0 Å². The van der Waals surface area contributed by atoms with Crippen molar-refractivity contribution < 1.29 is 9.53 Å². The summed E-state index contributed by atoms with van der Waals surface area (Å²) in [6.07, 6.45) is 0. The first-order valence-corrected chi connectivity index (χ1v) is 9.09. The quantitative estimate of drug-likeness (QED) is 0.677. The molecular weight excluding hydrogens is 332 g/mol. The molecule has 3 aromatic rings. The van der Waals surface area contributed by atoms with Gasteiger partial charge in [0.2, 0.25) is 0 Å². The van der Waals surface area contributed by atoms with Crippen LogP contribution in [0, 0.1) is 13.8 Å². The lowest BCUT2D eigenvalue weighted by molar-refractivity contribution is -0.134. The number of rotatable bonds is 5. The van der Waals surface area contributed by atoms with E-state index in [2.05, 4.69) is 11.1 Å². The Hall–Kier alpha value is -2.40. The molecule has 0 aliphatic carbocycles. The van der Waals surface area contributed by atoms with Gasteiger partial charge in [0.1, 0.15) is 10.8 Å². The fraction of sp³-hybridized carbons (Fsp3) is 0.300. The number of aromatic nitrogens is 1. The Labute approximate surface area is 152 Å². The number of thiazole rings is 1. The van der Waals surface area contributed by atoms with Crippen molar-refractivity contribution in [2.75, 3.05) is 13.7 Å². The second-order valence-electron chi connectivity index (χ2n) is 6.21. The highest BCUT2D eigenvalue weighted by Crippen LogP contribution is 2.29. The molecule has 0 spiro atoms. The second-order valence-corrected chi connectivity index (χ2v) is 7.27. The van der Waals surface area contributed by atoms with Crippen LogP contribution >= 0.6 is 11.3 Å². The van der Waals surface area contributed by atoms with Crippen LogP contribution in [0.2, 0.25) is 0 Å². The first-order chi connectivity index (χ1) is 12.0. The fourth-order valence-electron chi connectivity index (χ4n) is 2.71. The summed E-state index contributed by atoms with van der Waals surface area (Å²) in [6.45, 7) is 5.99. The van der Waals surface area contributed by atoms with Crippen molar-refractivity contribution >= 4 is 27.5 Å². The van der Waals surface area contributed by atoms with E-state index in [0.29, 0.717) is 0 Å². The smallest absolute Gasteiger partial charge is 0.260 e. The fourth-order valence-corrected chi connectivity index (χ4v) is 3.78. The number of para-hydroxylation sites is 2. The molecule has 130 valence electrons. The number of carbonyl (C=O) groups excluding carboxylic acids is 1. The van der Waals surface area contributed by atoms with Gasteiger partial charge in [0.05, 0.1) is 16.3 Å². The number of fused-ring (bicyclic) bond motifs is 1. The van der Waals surface area contributed by atoms with E-state index in [-0.39, 0.29) is 18.6 Å². The third-order valence-electron chi connectivity index (χ3n) is 4.39. The van der Waals surface area contributed by atoms with Crippen LogP contribution in [0.5, 0.6) is 5.75 Å².